The van der Waals surface area contributed by atoms with Gasteiger partial charge in [-0.1, -0.05) is 31.2 Å². The second kappa shape index (κ2) is 8.28. The van der Waals surface area contributed by atoms with Gasteiger partial charge >= 0.3 is 0 Å². The van der Waals surface area contributed by atoms with Crippen molar-refractivity contribution in [3.8, 4) is 0 Å². The second-order valence-electron chi connectivity index (χ2n) is 5.91. The SMILES string of the molecule is CCc1ccc(CNC(=O)Cn2c(C)ccc(NC(C)=O)c2=O)cc1. The number of hydrogen-bond donors (Lipinski definition) is 2. The maximum atomic E-state index is 12.4. The first kappa shape index (κ1) is 18.4. The van der Waals surface area contributed by atoms with Crippen molar-refractivity contribution < 1.29 is 9.59 Å². The van der Waals surface area contributed by atoms with Crippen LogP contribution in [0.2, 0.25) is 0 Å². The highest BCUT2D eigenvalue weighted by atomic mass is 16.2. The molecule has 1 aromatic carbocycles. The summed E-state index contributed by atoms with van der Waals surface area (Å²) in [4.78, 5) is 35.7. The molecule has 0 bridgehead atoms. The van der Waals surface area contributed by atoms with Gasteiger partial charge in [0.1, 0.15) is 12.2 Å². The summed E-state index contributed by atoms with van der Waals surface area (Å²) in [5.41, 5.74) is 2.67. The Morgan fingerprint density at radius 2 is 1.68 bits per heavy atom. The molecule has 2 amide bonds. The normalized spacial score (nSPS) is 10.4. The summed E-state index contributed by atoms with van der Waals surface area (Å²) in [6.45, 7) is 5.48. The fourth-order valence-corrected chi connectivity index (χ4v) is 2.45. The standard InChI is InChI=1S/C19H23N3O3/c1-4-15-6-8-16(9-7-15)11-20-18(24)12-22-13(2)5-10-17(19(22)25)21-14(3)23/h5-10H,4,11-12H2,1-3H3,(H,20,24)(H,21,23). The fourth-order valence-electron chi connectivity index (χ4n) is 2.45. The van der Waals surface area contributed by atoms with Gasteiger partial charge in [0.2, 0.25) is 11.8 Å². The van der Waals surface area contributed by atoms with Crippen molar-refractivity contribution in [2.24, 2.45) is 0 Å². The molecule has 0 saturated carbocycles. The highest BCUT2D eigenvalue weighted by Gasteiger charge is 2.11. The molecule has 6 heteroatoms. The Morgan fingerprint density at radius 3 is 2.28 bits per heavy atom. The number of aryl methyl sites for hydroxylation is 2. The molecule has 0 aliphatic rings. The Morgan fingerprint density at radius 1 is 1.04 bits per heavy atom. The monoisotopic (exact) mass is 341 g/mol. The van der Waals surface area contributed by atoms with E-state index < -0.39 is 5.56 Å². The van der Waals surface area contributed by atoms with E-state index in [1.165, 1.54) is 17.1 Å². The molecule has 0 unspecified atom stereocenters. The number of amides is 2. The van der Waals surface area contributed by atoms with Crippen LogP contribution >= 0.6 is 0 Å². The summed E-state index contributed by atoms with van der Waals surface area (Å²) in [5, 5.41) is 5.29. The zero-order chi connectivity index (χ0) is 18.4. The van der Waals surface area contributed by atoms with Crippen molar-refractivity contribution in [2.45, 2.75) is 40.3 Å². The van der Waals surface area contributed by atoms with E-state index in [9.17, 15) is 14.4 Å². The number of nitrogens with one attached hydrogen (secondary N) is 2. The molecule has 0 aliphatic heterocycles. The molecule has 132 valence electrons. The largest absolute Gasteiger partial charge is 0.350 e. The molecule has 2 aromatic rings. The van der Waals surface area contributed by atoms with Gasteiger partial charge in [0, 0.05) is 19.2 Å². The van der Waals surface area contributed by atoms with Crippen LogP contribution < -0.4 is 16.2 Å². The lowest BCUT2D eigenvalue weighted by Crippen LogP contribution is -2.34. The lowest BCUT2D eigenvalue weighted by molar-refractivity contribution is -0.121. The van der Waals surface area contributed by atoms with E-state index >= 15 is 0 Å². The molecular weight excluding hydrogens is 318 g/mol. The van der Waals surface area contributed by atoms with Crippen molar-refractivity contribution in [1.29, 1.82) is 0 Å². The van der Waals surface area contributed by atoms with Crippen LogP contribution in [0.4, 0.5) is 5.69 Å². The van der Waals surface area contributed by atoms with Crippen molar-refractivity contribution in [3.05, 3.63) is 63.6 Å². The van der Waals surface area contributed by atoms with Crippen LogP contribution in [0.25, 0.3) is 0 Å². The first-order valence-electron chi connectivity index (χ1n) is 8.23. The topological polar surface area (TPSA) is 80.2 Å². The average molecular weight is 341 g/mol. The van der Waals surface area contributed by atoms with E-state index in [0.717, 1.165) is 12.0 Å². The van der Waals surface area contributed by atoms with Gasteiger partial charge in [0.25, 0.3) is 5.56 Å². The van der Waals surface area contributed by atoms with Crippen LogP contribution in [0.1, 0.15) is 30.7 Å². The minimum absolute atomic E-state index is 0.0921. The van der Waals surface area contributed by atoms with E-state index in [4.69, 9.17) is 0 Å². The molecule has 0 atom stereocenters. The van der Waals surface area contributed by atoms with Gasteiger partial charge in [-0.2, -0.15) is 0 Å². The van der Waals surface area contributed by atoms with Gasteiger partial charge in [-0.15, -0.1) is 0 Å². The van der Waals surface area contributed by atoms with Crippen molar-refractivity contribution >= 4 is 17.5 Å². The van der Waals surface area contributed by atoms with Gasteiger partial charge < -0.3 is 15.2 Å². The van der Waals surface area contributed by atoms with Crippen molar-refractivity contribution in [3.63, 3.8) is 0 Å². The molecule has 1 aromatic heterocycles. The van der Waals surface area contributed by atoms with Gasteiger partial charge in [-0.25, -0.2) is 0 Å². The molecule has 2 N–H and O–H groups in total. The molecule has 0 saturated heterocycles. The molecule has 1 heterocycles. The summed E-state index contributed by atoms with van der Waals surface area (Å²) in [5.74, 6) is -0.586. The fraction of sp³-hybridized carbons (Fsp3) is 0.316. The molecule has 0 radical (unpaired) electrons. The Balaban J connectivity index is 2.04. The van der Waals surface area contributed by atoms with E-state index in [0.29, 0.717) is 12.2 Å². The Bertz CT molecular complexity index is 823. The van der Waals surface area contributed by atoms with Crippen LogP contribution in [0, 0.1) is 6.92 Å². The van der Waals surface area contributed by atoms with Gasteiger partial charge in [0.15, 0.2) is 0 Å². The third-order valence-electron chi connectivity index (χ3n) is 3.93. The van der Waals surface area contributed by atoms with Gasteiger partial charge in [-0.05, 0) is 36.6 Å². The second-order valence-corrected chi connectivity index (χ2v) is 5.91. The molecule has 0 spiro atoms. The van der Waals surface area contributed by atoms with Crippen molar-refractivity contribution in [2.75, 3.05) is 5.32 Å². The molecule has 0 fully saturated rings. The third-order valence-corrected chi connectivity index (χ3v) is 3.93. The Kier molecular flexibility index (Phi) is 6.11. The van der Waals surface area contributed by atoms with Gasteiger partial charge in [-0.3, -0.25) is 14.4 Å². The van der Waals surface area contributed by atoms with Crippen LogP contribution in [-0.2, 0) is 29.1 Å². The maximum absolute atomic E-state index is 12.4. The molecule has 0 aliphatic carbocycles. The van der Waals surface area contributed by atoms with Crippen LogP contribution in [0.3, 0.4) is 0 Å². The van der Waals surface area contributed by atoms with E-state index in [-0.39, 0.29) is 24.0 Å². The first-order chi connectivity index (χ1) is 11.9. The highest BCUT2D eigenvalue weighted by molar-refractivity contribution is 5.88. The minimum atomic E-state index is -0.391. The summed E-state index contributed by atoms with van der Waals surface area (Å²) in [6, 6.07) is 11.3. The number of nitrogens with zero attached hydrogens (tertiary/aromatic N) is 1. The molecule has 25 heavy (non-hydrogen) atoms. The molecule has 2 rings (SSSR count). The van der Waals surface area contributed by atoms with Crippen LogP contribution in [0.15, 0.2) is 41.2 Å². The molecular formula is C19H23N3O3. The quantitative estimate of drug-likeness (QED) is 0.843. The maximum Gasteiger partial charge on any atom is 0.274 e. The number of rotatable bonds is 6. The van der Waals surface area contributed by atoms with Crippen LogP contribution in [0.5, 0.6) is 0 Å². The number of carbonyl (C=O) groups excluding carboxylic acids is 2. The lowest BCUT2D eigenvalue weighted by atomic mass is 10.1. The minimum Gasteiger partial charge on any atom is -0.350 e. The highest BCUT2D eigenvalue weighted by Crippen LogP contribution is 2.06. The zero-order valence-electron chi connectivity index (χ0n) is 14.8. The smallest absolute Gasteiger partial charge is 0.274 e. The van der Waals surface area contributed by atoms with E-state index in [1.54, 1.807) is 19.1 Å². The Hall–Kier alpha value is -2.89. The van der Waals surface area contributed by atoms with Crippen LogP contribution in [-0.4, -0.2) is 16.4 Å². The Labute approximate surface area is 146 Å². The number of carbonyl (C=O) groups is 2. The summed E-state index contributed by atoms with van der Waals surface area (Å²) >= 11 is 0. The predicted molar refractivity (Wildman–Crippen MR) is 97.4 cm³/mol. The lowest BCUT2D eigenvalue weighted by Gasteiger charge is -2.12. The van der Waals surface area contributed by atoms with Gasteiger partial charge in [0.05, 0.1) is 0 Å². The van der Waals surface area contributed by atoms with E-state index in [1.807, 2.05) is 24.3 Å². The molecule has 6 nitrogen and oxygen atoms in total. The summed E-state index contributed by atoms with van der Waals surface area (Å²) in [6.07, 6.45) is 0.972. The number of hydrogen-bond acceptors (Lipinski definition) is 3. The number of aromatic nitrogens is 1. The number of benzene rings is 1. The predicted octanol–water partition coefficient (Wildman–Crippen LogP) is 1.99. The summed E-state index contributed by atoms with van der Waals surface area (Å²) in [7, 11) is 0. The first-order valence-corrected chi connectivity index (χ1v) is 8.23. The van der Waals surface area contributed by atoms with E-state index in [2.05, 4.69) is 17.6 Å². The zero-order valence-corrected chi connectivity index (χ0v) is 14.8. The average Bonchev–Trinajstić information content (AvgIpc) is 2.59. The van der Waals surface area contributed by atoms with Crippen molar-refractivity contribution in [1.82, 2.24) is 9.88 Å². The number of anilines is 1. The summed E-state index contributed by atoms with van der Waals surface area (Å²) < 4.78 is 1.35. The third kappa shape index (κ3) is 5.04. The number of pyridine rings is 1.